The van der Waals surface area contributed by atoms with E-state index >= 15 is 0 Å². The van der Waals surface area contributed by atoms with Crippen LogP contribution in [0.3, 0.4) is 0 Å². The van der Waals surface area contributed by atoms with Gasteiger partial charge in [-0.2, -0.15) is 0 Å². The van der Waals surface area contributed by atoms with Gasteiger partial charge in [-0.15, -0.1) is 24.0 Å². The summed E-state index contributed by atoms with van der Waals surface area (Å²) >= 11 is 0. The number of rotatable bonds is 5. The SMILES string of the molecule is CN=C(NCC(C)(C)NS(C)(=O)=O)N1CCN(C(=O)C2CCCO2)CC1.I. The lowest BCUT2D eigenvalue weighted by molar-refractivity contribution is -0.142. The molecule has 2 aliphatic heterocycles. The molecule has 0 aliphatic carbocycles. The summed E-state index contributed by atoms with van der Waals surface area (Å²) in [5, 5.41) is 3.22. The molecule has 1 atom stereocenters. The maximum absolute atomic E-state index is 12.4. The molecule has 2 heterocycles. The van der Waals surface area contributed by atoms with Crippen molar-refractivity contribution in [2.45, 2.75) is 38.3 Å². The molecular formula is C16H32IN5O4S. The van der Waals surface area contributed by atoms with Crippen LogP contribution >= 0.6 is 24.0 Å². The van der Waals surface area contributed by atoms with E-state index in [1.807, 2.05) is 18.7 Å². The Morgan fingerprint density at radius 2 is 1.81 bits per heavy atom. The van der Waals surface area contributed by atoms with Crippen LogP contribution in [0.4, 0.5) is 0 Å². The van der Waals surface area contributed by atoms with Crippen molar-refractivity contribution in [3.8, 4) is 0 Å². The summed E-state index contributed by atoms with van der Waals surface area (Å²) < 4.78 is 31.0. The molecule has 158 valence electrons. The monoisotopic (exact) mass is 517 g/mol. The second-order valence-corrected chi connectivity index (χ2v) is 9.22. The smallest absolute Gasteiger partial charge is 0.251 e. The second kappa shape index (κ2) is 10.2. The number of carbonyl (C=O) groups excluding carboxylic acids is 1. The standard InChI is InChI=1S/C16H31N5O4S.HI/c1-16(2,19-26(4,23)24)12-18-15(17-3)21-9-7-20(8-10-21)14(22)13-6-5-11-25-13;/h13,19H,5-12H2,1-4H3,(H,17,18);1H. The molecule has 1 unspecified atom stereocenters. The first-order chi connectivity index (χ1) is 12.1. The Kier molecular flexibility index (Phi) is 9.22. The van der Waals surface area contributed by atoms with E-state index in [2.05, 4.69) is 19.9 Å². The van der Waals surface area contributed by atoms with E-state index in [1.165, 1.54) is 0 Å². The van der Waals surface area contributed by atoms with Crippen LogP contribution < -0.4 is 10.0 Å². The normalized spacial score (nSPS) is 21.8. The summed E-state index contributed by atoms with van der Waals surface area (Å²) in [4.78, 5) is 20.6. The maximum atomic E-state index is 12.4. The Hall–Kier alpha value is -0.660. The lowest BCUT2D eigenvalue weighted by Crippen LogP contribution is -2.58. The predicted molar refractivity (Wildman–Crippen MR) is 116 cm³/mol. The summed E-state index contributed by atoms with van der Waals surface area (Å²) in [5.74, 6) is 0.793. The van der Waals surface area contributed by atoms with Crippen molar-refractivity contribution in [3.05, 3.63) is 0 Å². The van der Waals surface area contributed by atoms with E-state index < -0.39 is 15.6 Å². The van der Waals surface area contributed by atoms with Gasteiger partial charge in [0.15, 0.2) is 5.96 Å². The molecule has 27 heavy (non-hydrogen) atoms. The molecule has 2 N–H and O–H groups in total. The number of nitrogens with one attached hydrogen (secondary N) is 2. The minimum absolute atomic E-state index is 0. The molecule has 0 radical (unpaired) electrons. The number of amides is 1. The van der Waals surface area contributed by atoms with Crippen LogP contribution in [0.1, 0.15) is 26.7 Å². The van der Waals surface area contributed by atoms with Gasteiger partial charge in [-0.3, -0.25) is 9.79 Å². The van der Waals surface area contributed by atoms with E-state index in [1.54, 1.807) is 7.05 Å². The summed E-state index contributed by atoms with van der Waals surface area (Å²) in [6, 6.07) is 0. The molecule has 0 saturated carbocycles. The van der Waals surface area contributed by atoms with E-state index in [0.717, 1.165) is 19.1 Å². The minimum Gasteiger partial charge on any atom is -0.368 e. The van der Waals surface area contributed by atoms with Gasteiger partial charge < -0.3 is 19.9 Å². The van der Waals surface area contributed by atoms with E-state index in [0.29, 0.717) is 45.3 Å². The number of ether oxygens (including phenoxy) is 1. The van der Waals surface area contributed by atoms with Crippen molar-refractivity contribution in [2.75, 3.05) is 52.6 Å². The molecule has 0 aromatic carbocycles. The quantitative estimate of drug-likeness (QED) is 0.298. The molecule has 0 aromatic rings. The highest BCUT2D eigenvalue weighted by atomic mass is 127. The van der Waals surface area contributed by atoms with Crippen molar-refractivity contribution in [2.24, 2.45) is 4.99 Å². The Bertz CT molecular complexity index is 627. The molecule has 0 bridgehead atoms. The van der Waals surface area contributed by atoms with Crippen LogP contribution in [0, 0.1) is 0 Å². The van der Waals surface area contributed by atoms with E-state index in [4.69, 9.17) is 4.74 Å². The van der Waals surface area contributed by atoms with Crippen LogP contribution in [0.15, 0.2) is 4.99 Å². The highest BCUT2D eigenvalue weighted by Gasteiger charge is 2.31. The second-order valence-electron chi connectivity index (χ2n) is 7.47. The zero-order valence-electron chi connectivity index (χ0n) is 16.5. The van der Waals surface area contributed by atoms with Crippen molar-refractivity contribution in [1.29, 1.82) is 0 Å². The first kappa shape index (κ1) is 24.4. The van der Waals surface area contributed by atoms with Gasteiger partial charge in [0.2, 0.25) is 10.0 Å². The number of carbonyl (C=O) groups is 1. The molecule has 11 heteroatoms. The Labute approximate surface area is 179 Å². The van der Waals surface area contributed by atoms with Crippen LogP contribution in [-0.2, 0) is 19.6 Å². The largest absolute Gasteiger partial charge is 0.368 e. The molecule has 2 saturated heterocycles. The van der Waals surface area contributed by atoms with Crippen LogP contribution in [0.5, 0.6) is 0 Å². The number of halogens is 1. The van der Waals surface area contributed by atoms with Gasteiger partial charge in [0, 0.05) is 51.9 Å². The average Bonchev–Trinajstić information content (AvgIpc) is 3.07. The number of guanidine groups is 1. The minimum atomic E-state index is -3.29. The number of hydrogen-bond donors (Lipinski definition) is 2. The van der Waals surface area contributed by atoms with Gasteiger partial charge in [0.1, 0.15) is 6.10 Å². The third-order valence-electron chi connectivity index (χ3n) is 4.46. The highest BCUT2D eigenvalue weighted by molar-refractivity contribution is 14.0. The first-order valence-electron chi connectivity index (χ1n) is 8.96. The summed E-state index contributed by atoms with van der Waals surface area (Å²) in [7, 11) is -1.59. The maximum Gasteiger partial charge on any atom is 0.251 e. The zero-order valence-corrected chi connectivity index (χ0v) is 19.7. The van der Waals surface area contributed by atoms with Gasteiger partial charge in [-0.1, -0.05) is 0 Å². The number of nitrogens with zero attached hydrogens (tertiary/aromatic N) is 3. The average molecular weight is 517 g/mol. The van der Waals surface area contributed by atoms with Crippen LogP contribution in [0.25, 0.3) is 0 Å². The fourth-order valence-electron chi connectivity index (χ4n) is 3.28. The topological polar surface area (TPSA) is 103 Å². The fraction of sp³-hybridized carbons (Fsp3) is 0.875. The summed E-state index contributed by atoms with van der Waals surface area (Å²) in [5.41, 5.74) is -0.638. The highest BCUT2D eigenvalue weighted by Crippen LogP contribution is 2.16. The summed E-state index contributed by atoms with van der Waals surface area (Å²) in [6.07, 6.45) is 2.63. The molecule has 1 amide bonds. The first-order valence-corrected chi connectivity index (χ1v) is 10.9. The van der Waals surface area contributed by atoms with Crippen molar-refractivity contribution in [1.82, 2.24) is 19.8 Å². The Balaban J connectivity index is 0.00000364. The molecule has 2 aliphatic rings. The van der Waals surface area contributed by atoms with Gasteiger partial charge in [0.05, 0.1) is 6.26 Å². The Morgan fingerprint density at radius 1 is 1.22 bits per heavy atom. The number of sulfonamides is 1. The third kappa shape index (κ3) is 7.70. The zero-order chi connectivity index (χ0) is 19.4. The number of hydrogen-bond acceptors (Lipinski definition) is 5. The molecule has 2 fully saturated rings. The molecule has 9 nitrogen and oxygen atoms in total. The van der Waals surface area contributed by atoms with E-state index in [9.17, 15) is 13.2 Å². The molecular weight excluding hydrogens is 485 g/mol. The van der Waals surface area contributed by atoms with Crippen LogP contribution in [-0.4, -0.2) is 94.4 Å². The summed E-state index contributed by atoms with van der Waals surface area (Å²) in [6.45, 7) is 7.32. The van der Waals surface area contributed by atoms with Gasteiger partial charge in [-0.05, 0) is 26.7 Å². The van der Waals surface area contributed by atoms with Crippen molar-refractivity contribution < 1.29 is 17.9 Å². The van der Waals surface area contributed by atoms with Crippen LogP contribution in [0.2, 0.25) is 0 Å². The molecule has 0 spiro atoms. The molecule has 0 aromatic heterocycles. The number of piperazine rings is 1. The van der Waals surface area contributed by atoms with Gasteiger partial charge in [-0.25, -0.2) is 13.1 Å². The third-order valence-corrected chi connectivity index (χ3v) is 5.38. The van der Waals surface area contributed by atoms with Gasteiger partial charge in [0.25, 0.3) is 5.91 Å². The van der Waals surface area contributed by atoms with Crippen molar-refractivity contribution in [3.63, 3.8) is 0 Å². The number of aliphatic imine (C=N–C) groups is 1. The Morgan fingerprint density at radius 3 is 2.30 bits per heavy atom. The fourth-order valence-corrected chi connectivity index (χ4v) is 4.36. The van der Waals surface area contributed by atoms with Crippen molar-refractivity contribution >= 4 is 45.9 Å². The lowest BCUT2D eigenvalue weighted by Gasteiger charge is -2.38. The lowest BCUT2D eigenvalue weighted by atomic mass is 10.1. The molecule has 2 rings (SSSR count). The predicted octanol–water partition coefficient (Wildman–Crippen LogP) is -0.169. The van der Waals surface area contributed by atoms with E-state index in [-0.39, 0.29) is 36.0 Å². The van der Waals surface area contributed by atoms with Gasteiger partial charge >= 0.3 is 0 Å².